The number of esters is 1. The van der Waals surface area contributed by atoms with E-state index in [1.807, 2.05) is 6.07 Å². The third-order valence-electron chi connectivity index (χ3n) is 4.03. The fraction of sp³-hybridized carbons (Fsp3) is 0.150. The molecule has 27 heavy (non-hydrogen) atoms. The Bertz CT molecular complexity index is 1020. The highest BCUT2D eigenvalue weighted by atomic mass is 16.5. The van der Waals surface area contributed by atoms with Crippen LogP contribution in [0.4, 0.5) is 11.4 Å². The van der Waals surface area contributed by atoms with Crippen LogP contribution in [-0.2, 0) is 4.74 Å². The third-order valence-corrected chi connectivity index (χ3v) is 4.03. The van der Waals surface area contributed by atoms with Crippen molar-refractivity contribution in [2.24, 2.45) is 5.73 Å². The zero-order valence-corrected chi connectivity index (χ0v) is 15.0. The van der Waals surface area contributed by atoms with E-state index >= 15 is 0 Å². The van der Waals surface area contributed by atoms with Gasteiger partial charge in [-0.15, -0.1) is 0 Å². The van der Waals surface area contributed by atoms with Crippen molar-refractivity contribution in [3.8, 4) is 5.75 Å². The number of methoxy groups -OCH3 is 1. The molecule has 0 unspecified atom stereocenters. The third kappa shape index (κ3) is 3.52. The molecule has 0 saturated carbocycles. The fourth-order valence-electron chi connectivity index (χ4n) is 2.80. The fourth-order valence-corrected chi connectivity index (χ4v) is 2.80. The predicted molar refractivity (Wildman–Crippen MR) is 102 cm³/mol. The van der Waals surface area contributed by atoms with Crippen molar-refractivity contribution in [1.82, 2.24) is 4.98 Å². The minimum atomic E-state index is -0.577. The van der Waals surface area contributed by atoms with Crippen LogP contribution in [0.2, 0.25) is 0 Å². The van der Waals surface area contributed by atoms with E-state index in [1.54, 1.807) is 50.4 Å². The molecule has 0 aliphatic heterocycles. The summed E-state index contributed by atoms with van der Waals surface area (Å²) in [5, 5.41) is 3.81. The highest BCUT2D eigenvalue weighted by Gasteiger charge is 2.20. The Labute approximate surface area is 156 Å². The first-order valence-corrected chi connectivity index (χ1v) is 8.35. The van der Waals surface area contributed by atoms with E-state index in [2.05, 4.69) is 10.3 Å². The molecule has 3 N–H and O–H groups in total. The van der Waals surface area contributed by atoms with Crippen molar-refractivity contribution in [3.63, 3.8) is 0 Å². The molecule has 2 aromatic carbocycles. The van der Waals surface area contributed by atoms with Gasteiger partial charge in [0.1, 0.15) is 16.8 Å². The largest absolute Gasteiger partial charge is 0.494 e. The molecule has 0 aliphatic rings. The first kappa shape index (κ1) is 18.2. The number of benzene rings is 2. The average Bonchev–Trinajstić information content (AvgIpc) is 2.68. The number of nitrogens with one attached hydrogen (secondary N) is 1. The van der Waals surface area contributed by atoms with Gasteiger partial charge >= 0.3 is 5.97 Å². The maximum absolute atomic E-state index is 12.4. The number of nitrogens with zero attached hydrogens (tertiary/aromatic N) is 1. The van der Waals surface area contributed by atoms with Crippen LogP contribution in [0, 0.1) is 0 Å². The van der Waals surface area contributed by atoms with Gasteiger partial charge in [0.15, 0.2) is 0 Å². The summed E-state index contributed by atoms with van der Waals surface area (Å²) in [6.07, 6.45) is 1.43. The normalized spacial score (nSPS) is 10.4. The highest BCUT2D eigenvalue weighted by Crippen LogP contribution is 2.34. The Morgan fingerprint density at radius 1 is 1.11 bits per heavy atom. The number of primary amides is 1. The Morgan fingerprint density at radius 3 is 2.59 bits per heavy atom. The molecule has 0 aliphatic carbocycles. The minimum absolute atomic E-state index is 0.228. The Morgan fingerprint density at radius 2 is 1.89 bits per heavy atom. The van der Waals surface area contributed by atoms with Crippen LogP contribution < -0.4 is 15.8 Å². The molecular weight excluding hydrogens is 346 g/mol. The number of carbonyl (C=O) groups is 2. The van der Waals surface area contributed by atoms with Crippen molar-refractivity contribution in [2.45, 2.75) is 6.92 Å². The molecule has 1 aromatic heterocycles. The Balaban J connectivity index is 2.23. The monoisotopic (exact) mass is 365 g/mol. The first-order valence-electron chi connectivity index (χ1n) is 8.35. The van der Waals surface area contributed by atoms with Crippen LogP contribution in [0.5, 0.6) is 5.75 Å². The van der Waals surface area contributed by atoms with Gasteiger partial charge in [-0.3, -0.25) is 9.78 Å². The molecule has 3 aromatic rings. The lowest BCUT2D eigenvalue weighted by Crippen LogP contribution is -2.14. The van der Waals surface area contributed by atoms with Gasteiger partial charge in [-0.1, -0.05) is 24.3 Å². The van der Waals surface area contributed by atoms with Gasteiger partial charge in [0.05, 0.1) is 30.7 Å². The molecule has 0 bridgehead atoms. The van der Waals surface area contributed by atoms with Gasteiger partial charge in [0.2, 0.25) is 0 Å². The van der Waals surface area contributed by atoms with E-state index in [0.29, 0.717) is 33.6 Å². The molecule has 0 saturated heterocycles. The predicted octanol–water partition coefficient (Wildman–Crippen LogP) is 3.26. The zero-order chi connectivity index (χ0) is 19.4. The summed E-state index contributed by atoms with van der Waals surface area (Å²) < 4.78 is 10.5. The number of rotatable bonds is 6. The van der Waals surface area contributed by atoms with Gasteiger partial charge in [-0.25, -0.2) is 4.79 Å². The van der Waals surface area contributed by atoms with Crippen LogP contribution in [-0.4, -0.2) is 30.6 Å². The second-order valence-corrected chi connectivity index (χ2v) is 5.66. The Hall–Kier alpha value is -3.61. The number of anilines is 2. The second kappa shape index (κ2) is 7.74. The van der Waals surface area contributed by atoms with Crippen molar-refractivity contribution in [1.29, 1.82) is 0 Å². The van der Waals surface area contributed by atoms with E-state index in [4.69, 9.17) is 15.2 Å². The molecule has 1 heterocycles. The second-order valence-electron chi connectivity index (χ2n) is 5.66. The van der Waals surface area contributed by atoms with E-state index < -0.39 is 11.9 Å². The number of para-hydroxylation sites is 2. The summed E-state index contributed by atoms with van der Waals surface area (Å²) in [4.78, 5) is 28.6. The Kier molecular flexibility index (Phi) is 5.21. The summed E-state index contributed by atoms with van der Waals surface area (Å²) in [6.45, 7) is 1.96. The highest BCUT2D eigenvalue weighted by molar-refractivity contribution is 6.08. The molecule has 0 fully saturated rings. The van der Waals surface area contributed by atoms with Crippen molar-refractivity contribution in [3.05, 3.63) is 59.8 Å². The van der Waals surface area contributed by atoms with Crippen LogP contribution in [0.15, 0.2) is 48.7 Å². The zero-order valence-electron chi connectivity index (χ0n) is 15.0. The summed E-state index contributed by atoms with van der Waals surface area (Å²) >= 11 is 0. The number of aromatic nitrogens is 1. The summed E-state index contributed by atoms with van der Waals surface area (Å²) in [7, 11) is 1.55. The summed E-state index contributed by atoms with van der Waals surface area (Å²) in [6, 6.07) is 12.2. The average molecular weight is 365 g/mol. The lowest BCUT2D eigenvalue weighted by molar-refractivity contribution is 0.0527. The SMILES string of the molecule is CCOC(=O)c1cnc2c(OC)cccc2c1Nc1ccccc1C(N)=O. The van der Waals surface area contributed by atoms with E-state index in [-0.39, 0.29) is 12.2 Å². The molecule has 3 rings (SSSR count). The molecular formula is C20H19N3O4. The number of hydrogen-bond donors (Lipinski definition) is 2. The molecule has 7 nitrogen and oxygen atoms in total. The number of ether oxygens (including phenoxy) is 2. The molecule has 138 valence electrons. The van der Waals surface area contributed by atoms with Crippen LogP contribution in [0.1, 0.15) is 27.6 Å². The first-order chi connectivity index (χ1) is 13.1. The van der Waals surface area contributed by atoms with Gasteiger partial charge in [-0.05, 0) is 25.1 Å². The lowest BCUT2D eigenvalue weighted by atomic mass is 10.1. The number of fused-ring (bicyclic) bond motifs is 1. The maximum atomic E-state index is 12.4. The van der Waals surface area contributed by atoms with E-state index in [9.17, 15) is 9.59 Å². The van der Waals surface area contributed by atoms with Crippen LogP contribution in [0.25, 0.3) is 10.9 Å². The smallest absolute Gasteiger partial charge is 0.341 e. The van der Waals surface area contributed by atoms with E-state index in [0.717, 1.165) is 0 Å². The summed E-state index contributed by atoms with van der Waals surface area (Å²) in [5.41, 5.74) is 7.54. The number of pyridine rings is 1. The quantitative estimate of drug-likeness (QED) is 0.650. The summed E-state index contributed by atoms with van der Waals surface area (Å²) in [5.74, 6) is -0.533. The number of nitrogens with two attached hydrogens (primary N) is 1. The maximum Gasteiger partial charge on any atom is 0.341 e. The molecule has 7 heteroatoms. The molecule has 0 atom stereocenters. The molecule has 0 radical (unpaired) electrons. The lowest BCUT2D eigenvalue weighted by Gasteiger charge is -2.16. The standard InChI is InChI=1S/C20H19N3O4/c1-3-27-20(25)14-11-22-18-13(8-6-10-16(18)26-2)17(14)23-15-9-5-4-7-12(15)19(21)24/h4-11H,3H2,1-2H3,(H2,21,24)(H,22,23). The molecule has 1 amide bonds. The number of amides is 1. The van der Waals surface area contributed by atoms with Crippen molar-refractivity contribution in [2.75, 3.05) is 19.0 Å². The van der Waals surface area contributed by atoms with Crippen molar-refractivity contribution < 1.29 is 19.1 Å². The van der Waals surface area contributed by atoms with Gasteiger partial charge < -0.3 is 20.5 Å². The van der Waals surface area contributed by atoms with Gasteiger partial charge in [-0.2, -0.15) is 0 Å². The number of hydrogen-bond acceptors (Lipinski definition) is 6. The van der Waals surface area contributed by atoms with E-state index in [1.165, 1.54) is 6.20 Å². The molecule has 0 spiro atoms. The van der Waals surface area contributed by atoms with Gasteiger partial charge in [0.25, 0.3) is 5.91 Å². The van der Waals surface area contributed by atoms with Crippen molar-refractivity contribution >= 4 is 34.2 Å². The van der Waals surface area contributed by atoms with Gasteiger partial charge in [0, 0.05) is 11.6 Å². The number of carbonyl (C=O) groups excluding carboxylic acids is 2. The minimum Gasteiger partial charge on any atom is -0.494 e. The topological polar surface area (TPSA) is 104 Å². The van der Waals surface area contributed by atoms with Crippen LogP contribution in [0.3, 0.4) is 0 Å². The van der Waals surface area contributed by atoms with Crippen LogP contribution >= 0.6 is 0 Å².